The van der Waals surface area contributed by atoms with Crippen molar-refractivity contribution in [2.45, 2.75) is 56.4 Å². The van der Waals surface area contributed by atoms with Crippen LogP contribution in [0.25, 0.3) is 0 Å². The van der Waals surface area contributed by atoms with Crippen LogP contribution in [0.3, 0.4) is 0 Å². The summed E-state index contributed by atoms with van der Waals surface area (Å²) >= 11 is 0. The highest BCUT2D eigenvalue weighted by Gasteiger charge is 2.50. The van der Waals surface area contributed by atoms with E-state index in [0.717, 1.165) is 41.4 Å². The fourth-order valence-corrected chi connectivity index (χ4v) is 9.24. The molecule has 0 amide bonds. The number of aromatic nitrogens is 3. The molecule has 4 bridgehead atoms. The lowest BCUT2D eigenvalue weighted by molar-refractivity contribution is -0.0444. The van der Waals surface area contributed by atoms with Crippen molar-refractivity contribution in [3.05, 3.63) is 66.4 Å². The van der Waals surface area contributed by atoms with Gasteiger partial charge < -0.3 is 10.1 Å². The molecule has 4 aliphatic carbocycles. The molecule has 1 aromatic carbocycles. The molecule has 198 valence electrons. The molecule has 1 aliphatic heterocycles. The van der Waals surface area contributed by atoms with E-state index in [1.54, 1.807) is 55.1 Å². The van der Waals surface area contributed by atoms with Crippen LogP contribution in [0.1, 0.15) is 49.8 Å². The smallest absolute Gasteiger partial charge is 0.243 e. The minimum absolute atomic E-state index is 0.244. The molecule has 8 rings (SSSR count). The van der Waals surface area contributed by atoms with Crippen molar-refractivity contribution in [1.29, 1.82) is 0 Å². The Kier molecular flexibility index (Phi) is 5.89. The van der Waals surface area contributed by atoms with Crippen molar-refractivity contribution >= 4 is 15.8 Å². The van der Waals surface area contributed by atoms with E-state index in [0.29, 0.717) is 29.9 Å². The molecule has 0 spiro atoms. The lowest BCUT2D eigenvalue weighted by atomic mass is 9.49. The predicted octanol–water partition coefficient (Wildman–Crippen LogP) is 5.04. The third-order valence-corrected chi connectivity index (χ3v) is 11.0. The average Bonchev–Trinajstić information content (AvgIpc) is 2.92. The maximum absolute atomic E-state index is 13.5. The maximum atomic E-state index is 13.5. The summed E-state index contributed by atoms with van der Waals surface area (Å²) in [6, 6.07) is 10.1. The Balaban J connectivity index is 1.04. The molecule has 9 heteroatoms. The summed E-state index contributed by atoms with van der Waals surface area (Å²) in [5.74, 6) is 4.79. The van der Waals surface area contributed by atoms with Gasteiger partial charge in [0.2, 0.25) is 10.0 Å². The summed E-state index contributed by atoms with van der Waals surface area (Å²) in [7, 11) is -3.67. The van der Waals surface area contributed by atoms with Gasteiger partial charge in [-0.3, -0.25) is 4.98 Å². The molecular formula is C29H33N5O3S. The second kappa shape index (κ2) is 9.31. The summed E-state index contributed by atoms with van der Waals surface area (Å²) in [4.78, 5) is 13.4. The normalized spacial score (nSPS) is 28.2. The van der Waals surface area contributed by atoms with Gasteiger partial charge in [0.15, 0.2) is 0 Å². The first-order chi connectivity index (χ1) is 18.5. The molecule has 4 saturated carbocycles. The zero-order valence-corrected chi connectivity index (χ0v) is 22.2. The minimum atomic E-state index is -3.67. The zero-order chi connectivity index (χ0) is 25.7. The Morgan fingerprint density at radius 3 is 2.39 bits per heavy atom. The molecule has 0 radical (unpaired) electrons. The molecule has 0 atom stereocenters. The van der Waals surface area contributed by atoms with Crippen LogP contribution in [-0.4, -0.2) is 40.8 Å². The van der Waals surface area contributed by atoms with Gasteiger partial charge in [-0.05, 0) is 105 Å². The van der Waals surface area contributed by atoms with Crippen molar-refractivity contribution in [3.63, 3.8) is 0 Å². The van der Waals surface area contributed by atoms with Gasteiger partial charge in [0, 0.05) is 24.8 Å². The summed E-state index contributed by atoms with van der Waals surface area (Å²) < 4.78 is 34.2. The number of anilines is 1. The maximum Gasteiger partial charge on any atom is 0.243 e. The number of sulfonamides is 1. The van der Waals surface area contributed by atoms with Crippen LogP contribution in [0, 0.1) is 23.2 Å². The molecule has 5 aliphatic rings. The number of pyridine rings is 1. The molecular weight excluding hydrogens is 498 g/mol. The quantitative estimate of drug-likeness (QED) is 0.456. The van der Waals surface area contributed by atoms with Crippen LogP contribution in [0.2, 0.25) is 0 Å². The molecule has 38 heavy (non-hydrogen) atoms. The SMILES string of the molecule is O=S(=O)(c1ccc(Oc2cccnc2)cc1)N1CCc2c(ncnc2NCC23CC4CC(CC(C4)C2)C3)C1. The standard InChI is InChI=1S/C29H33N5O3S/c35-38(36,25-5-3-23(4-6-25)37-24-2-1-8-30-16-24)34-9-7-26-27(17-34)32-19-33-28(26)31-18-29-13-20-10-21(14-29)12-22(11-20)15-29/h1-6,8,16,19-22H,7,9-15,17-18H2,(H,31,32,33). The molecule has 8 nitrogen and oxygen atoms in total. The fraction of sp³-hybridized carbons (Fsp3) is 0.483. The molecule has 2 aromatic heterocycles. The van der Waals surface area contributed by atoms with E-state index in [1.165, 1.54) is 42.8 Å². The number of rotatable bonds is 7. The van der Waals surface area contributed by atoms with E-state index in [4.69, 9.17) is 4.74 Å². The third kappa shape index (κ3) is 4.45. The first-order valence-electron chi connectivity index (χ1n) is 13.7. The average molecular weight is 532 g/mol. The van der Waals surface area contributed by atoms with Crippen molar-refractivity contribution in [2.75, 3.05) is 18.4 Å². The number of hydrogen-bond acceptors (Lipinski definition) is 7. The Morgan fingerprint density at radius 1 is 0.974 bits per heavy atom. The van der Waals surface area contributed by atoms with Crippen molar-refractivity contribution in [2.24, 2.45) is 23.2 Å². The van der Waals surface area contributed by atoms with E-state index >= 15 is 0 Å². The van der Waals surface area contributed by atoms with Gasteiger partial charge in [-0.25, -0.2) is 18.4 Å². The molecule has 3 aromatic rings. The largest absolute Gasteiger partial charge is 0.456 e. The molecule has 1 N–H and O–H groups in total. The van der Waals surface area contributed by atoms with Crippen LogP contribution < -0.4 is 10.1 Å². The summed E-state index contributed by atoms with van der Waals surface area (Å²) in [6.07, 6.45) is 13.8. The van der Waals surface area contributed by atoms with Crippen molar-refractivity contribution in [1.82, 2.24) is 19.3 Å². The van der Waals surface area contributed by atoms with E-state index < -0.39 is 10.0 Å². The summed E-state index contributed by atoms with van der Waals surface area (Å²) in [6.45, 7) is 1.62. The van der Waals surface area contributed by atoms with Crippen LogP contribution >= 0.6 is 0 Å². The Morgan fingerprint density at radius 2 is 1.71 bits per heavy atom. The highest BCUT2D eigenvalue weighted by atomic mass is 32.2. The number of hydrogen-bond donors (Lipinski definition) is 1. The van der Waals surface area contributed by atoms with Crippen LogP contribution in [0.15, 0.2) is 60.0 Å². The van der Waals surface area contributed by atoms with Gasteiger partial charge in [-0.15, -0.1) is 0 Å². The van der Waals surface area contributed by atoms with E-state index in [-0.39, 0.29) is 11.4 Å². The topological polar surface area (TPSA) is 97.3 Å². The predicted molar refractivity (Wildman–Crippen MR) is 143 cm³/mol. The minimum Gasteiger partial charge on any atom is -0.456 e. The lowest BCUT2D eigenvalue weighted by Crippen LogP contribution is -2.49. The van der Waals surface area contributed by atoms with Crippen LogP contribution in [0.4, 0.5) is 5.82 Å². The Labute approximate surface area is 223 Å². The second-order valence-corrected chi connectivity index (χ2v) is 13.7. The van der Waals surface area contributed by atoms with E-state index in [9.17, 15) is 8.42 Å². The van der Waals surface area contributed by atoms with Gasteiger partial charge in [-0.2, -0.15) is 4.31 Å². The Bertz CT molecular complexity index is 1390. The van der Waals surface area contributed by atoms with Crippen molar-refractivity contribution < 1.29 is 13.2 Å². The van der Waals surface area contributed by atoms with Gasteiger partial charge in [0.1, 0.15) is 23.6 Å². The third-order valence-electron chi connectivity index (χ3n) is 9.10. The Hall–Kier alpha value is -3.04. The van der Waals surface area contributed by atoms with E-state index in [1.807, 2.05) is 0 Å². The summed E-state index contributed by atoms with van der Waals surface area (Å²) in [5, 5.41) is 3.70. The van der Waals surface area contributed by atoms with Gasteiger partial charge in [0.05, 0.1) is 23.3 Å². The van der Waals surface area contributed by atoms with Crippen molar-refractivity contribution in [3.8, 4) is 11.5 Å². The molecule has 0 saturated heterocycles. The molecule has 0 unspecified atom stereocenters. The van der Waals surface area contributed by atoms with Gasteiger partial charge in [0.25, 0.3) is 0 Å². The first kappa shape index (κ1) is 24.0. The fourth-order valence-electron chi connectivity index (χ4n) is 7.84. The van der Waals surface area contributed by atoms with Crippen LogP contribution in [-0.2, 0) is 23.0 Å². The van der Waals surface area contributed by atoms with E-state index in [2.05, 4.69) is 20.3 Å². The molecule has 3 heterocycles. The van der Waals surface area contributed by atoms with Crippen LogP contribution in [0.5, 0.6) is 11.5 Å². The zero-order valence-electron chi connectivity index (χ0n) is 21.4. The summed E-state index contributed by atoms with van der Waals surface area (Å²) in [5.41, 5.74) is 2.26. The second-order valence-electron chi connectivity index (χ2n) is 11.8. The lowest BCUT2D eigenvalue weighted by Gasteiger charge is -2.57. The number of fused-ring (bicyclic) bond motifs is 1. The van der Waals surface area contributed by atoms with Gasteiger partial charge >= 0.3 is 0 Å². The van der Waals surface area contributed by atoms with Gasteiger partial charge in [-0.1, -0.05) is 0 Å². The number of benzene rings is 1. The molecule has 4 fully saturated rings. The highest BCUT2D eigenvalue weighted by molar-refractivity contribution is 7.89. The number of nitrogens with one attached hydrogen (secondary N) is 1. The monoisotopic (exact) mass is 531 g/mol. The number of ether oxygens (including phenoxy) is 1. The number of nitrogens with zero attached hydrogens (tertiary/aromatic N) is 4. The highest BCUT2D eigenvalue weighted by Crippen LogP contribution is 2.60. The first-order valence-corrected chi connectivity index (χ1v) is 15.1.